The van der Waals surface area contributed by atoms with Crippen molar-refractivity contribution < 1.29 is 14.0 Å². The number of nitrogens with zero attached hydrogens (tertiary/aromatic N) is 5. The van der Waals surface area contributed by atoms with Crippen LogP contribution < -0.4 is 20.9 Å². The molecule has 1 saturated carbocycles. The number of carbonyl (C=O) groups is 2. The fraction of sp³-hybridized carbons (Fsp3) is 0.160. The third-order valence-corrected chi connectivity index (χ3v) is 6.30. The van der Waals surface area contributed by atoms with E-state index < -0.39 is 11.9 Å². The van der Waals surface area contributed by atoms with Crippen molar-refractivity contribution in [2.45, 2.75) is 18.9 Å². The molecule has 186 valence electrons. The van der Waals surface area contributed by atoms with Gasteiger partial charge in [0.15, 0.2) is 5.65 Å². The molecule has 0 radical (unpaired) electrons. The van der Waals surface area contributed by atoms with E-state index in [-0.39, 0.29) is 17.6 Å². The maximum absolute atomic E-state index is 14.3. The summed E-state index contributed by atoms with van der Waals surface area (Å²) in [5.74, 6) is -0.123. The van der Waals surface area contributed by atoms with Crippen molar-refractivity contribution in [1.29, 1.82) is 0 Å². The van der Waals surface area contributed by atoms with Crippen LogP contribution in [0.25, 0.3) is 22.9 Å². The zero-order valence-electron chi connectivity index (χ0n) is 19.5. The molecule has 2 aliphatic rings. The van der Waals surface area contributed by atoms with Crippen molar-refractivity contribution in [2.75, 3.05) is 17.3 Å². The van der Waals surface area contributed by atoms with Crippen molar-refractivity contribution in [2.24, 2.45) is 0 Å². The Kier molecular flexibility index (Phi) is 5.49. The van der Waals surface area contributed by atoms with Crippen LogP contribution in [0, 0.1) is 5.82 Å². The average molecular weight is 519 g/mol. The molecule has 4 aromatic rings. The highest BCUT2D eigenvalue weighted by Crippen LogP contribution is 2.36. The smallest absolute Gasteiger partial charge is 0.326 e. The second kappa shape index (κ2) is 8.86. The van der Waals surface area contributed by atoms with Gasteiger partial charge < -0.3 is 15.5 Å². The van der Waals surface area contributed by atoms with Gasteiger partial charge in [-0.15, -0.1) is 0 Å². The normalized spacial score (nSPS) is 16.2. The number of rotatable bonds is 6. The third kappa shape index (κ3) is 4.45. The number of carbonyl (C=O) groups excluding carboxylic acids is 2. The van der Waals surface area contributed by atoms with E-state index in [1.807, 2.05) is 6.07 Å². The van der Waals surface area contributed by atoms with E-state index in [1.54, 1.807) is 46.9 Å². The Labute approximate surface area is 215 Å². The second-order valence-electron chi connectivity index (χ2n) is 8.80. The lowest BCUT2D eigenvalue weighted by Gasteiger charge is -2.22. The number of benzene rings is 2. The zero-order valence-corrected chi connectivity index (χ0v) is 20.3. The van der Waals surface area contributed by atoms with Crippen molar-refractivity contribution in [3.8, 4) is 11.1 Å². The fourth-order valence-electron chi connectivity index (χ4n) is 4.07. The second-order valence-corrected chi connectivity index (χ2v) is 9.23. The van der Waals surface area contributed by atoms with E-state index in [0.29, 0.717) is 39.4 Å². The molecule has 37 heavy (non-hydrogen) atoms. The molecule has 10 nitrogen and oxygen atoms in total. The quantitative estimate of drug-likeness (QED) is 0.260. The molecule has 2 aromatic carbocycles. The zero-order chi connectivity index (χ0) is 25.7. The Hall–Kier alpha value is -4.51. The molecule has 12 heteroatoms. The molecule has 3 N–H and O–H groups in total. The minimum Gasteiger partial charge on any atom is -0.351 e. The molecule has 3 heterocycles. The number of nitrogens with one attached hydrogen (secondary N) is 3. The Bertz CT molecular complexity index is 1610. The summed E-state index contributed by atoms with van der Waals surface area (Å²) < 4.78 is 15.9. The Morgan fingerprint density at radius 3 is 2.73 bits per heavy atom. The number of urea groups is 1. The summed E-state index contributed by atoms with van der Waals surface area (Å²) in [4.78, 5) is 34.8. The lowest BCUT2D eigenvalue weighted by Crippen LogP contribution is -2.22. The summed E-state index contributed by atoms with van der Waals surface area (Å²) in [6.07, 6.45) is 5.08. The van der Waals surface area contributed by atoms with Gasteiger partial charge in [-0.05, 0) is 54.8 Å². The summed E-state index contributed by atoms with van der Waals surface area (Å²) in [7, 11) is 1.78. The van der Waals surface area contributed by atoms with Crippen molar-refractivity contribution >= 4 is 52.8 Å². The van der Waals surface area contributed by atoms with E-state index in [9.17, 15) is 14.0 Å². The number of anilines is 3. The standard InChI is InChI=1S/C25H20ClFN8O2/c1-34(20-8-5-16(27)11-18(20)13-3-2-4-15(26)9-13)23-31-21-14(10-19-22(36)32-25(37)30-19)12-28-35(21)24(33-23)29-17-6-7-17/h2-5,8-12,17H,6-7H2,1H3,(H,29,31,33)(H2,30,32,36,37)/b19-10-. The van der Waals surface area contributed by atoms with Crippen LogP contribution in [0.2, 0.25) is 5.02 Å². The van der Waals surface area contributed by atoms with E-state index in [4.69, 9.17) is 21.6 Å². The van der Waals surface area contributed by atoms with Crippen LogP contribution in [-0.4, -0.2) is 44.6 Å². The molecule has 3 amide bonds. The number of aromatic nitrogens is 4. The molecule has 1 aliphatic heterocycles. The summed E-state index contributed by atoms with van der Waals surface area (Å²) in [5, 5.41) is 12.9. The van der Waals surface area contributed by atoms with Crippen LogP contribution in [0.3, 0.4) is 0 Å². The number of amides is 3. The first kappa shape index (κ1) is 22.9. The van der Waals surface area contributed by atoms with Gasteiger partial charge in [0.25, 0.3) is 5.91 Å². The topological polar surface area (TPSA) is 117 Å². The first-order valence-corrected chi connectivity index (χ1v) is 11.9. The van der Waals surface area contributed by atoms with Crippen molar-refractivity contribution in [1.82, 2.24) is 30.2 Å². The molecule has 0 bridgehead atoms. The van der Waals surface area contributed by atoms with Gasteiger partial charge >= 0.3 is 6.03 Å². The Morgan fingerprint density at radius 1 is 1.16 bits per heavy atom. The van der Waals surface area contributed by atoms with Gasteiger partial charge in [-0.25, -0.2) is 9.18 Å². The van der Waals surface area contributed by atoms with Gasteiger partial charge in [0.2, 0.25) is 11.9 Å². The SMILES string of the molecule is CN(c1nc(NC2CC2)n2ncc(/C=C3\NC(=O)NC3=O)c2n1)c1ccc(F)cc1-c1cccc(Cl)c1. The van der Waals surface area contributed by atoms with Crippen LogP contribution in [0.1, 0.15) is 18.4 Å². The summed E-state index contributed by atoms with van der Waals surface area (Å²) in [6.45, 7) is 0. The molecular weight excluding hydrogens is 499 g/mol. The first-order chi connectivity index (χ1) is 17.9. The molecule has 6 rings (SSSR count). The lowest BCUT2D eigenvalue weighted by molar-refractivity contribution is -0.115. The minimum absolute atomic E-state index is 0.0897. The van der Waals surface area contributed by atoms with E-state index >= 15 is 0 Å². The largest absolute Gasteiger partial charge is 0.351 e. The summed E-state index contributed by atoms with van der Waals surface area (Å²) in [6, 6.07) is 11.3. The minimum atomic E-state index is -0.594. The molecule has 2 aromatic heterocycles. The van der Waals surface area contributed by atoms with Crippen LogP contribution in [0.5, 0.6) is 0 Å². The van der Waals surface area contributed by atoms with Crippen LogP contribution >= 0.6 is 11.6 Å². The Morgan fingerprint density at radius 2 is 2.00 bits per heavy atom. The summed E-state index contributed by atoms with van der Waals surface area (Å²) in [5.41, 5.74) is 3.04. The number of imide groups is 1. The molecule has 1 aliphatic carbocycles. The van der Waals surface area contributed by atoms with Gasteiger partial charge in [0.05, 0.1) is 11.9 Å². The fourth-order valence-corrected chi connectivity index (χ4v) is 4.26. The van der Waals surface area contributed by atoms with Crippen LogP contribution in [0.15, 0.2) is 54.4 Å². The van der Waals surface area contributed by atoms with Gasteiger partial charge in [-0.2, -0.15) is 19.6 Å². The van der Waals surface area contributed by atoms with E-state index in [1.165, 1.54) is 18.2 Å². The van der Waals surface area contributed by atoms with E-state index in [2.05, 4.69) is 21.0 Å². The monoisotopic (exact) mass is 518 g/mol. The van der Waals surface area contributed by atoms with Gasteiger partial charge in [0.1, 0.15) is 11.5 Å². The van der Waals surface area contributed by atoms with E-state index in [0.717, 1.165) is 18.4 Å². The molecule has 0 unspecified atom stereocenters. The lowest BCUT2D eigenvalue weighted by atomic mass is 10.0. The molecule has 0 atom stereocenters. The average Bonchev–Trinajstić information content (AvgIpc) is 3.51. The third-order valence-electron chi connectivity index (χ3n) is 6.07. The highest BCUT2D eigenvalue weighted by Gasteiger charge is 2.27. The maximum atomic E-state index is 14.3. The van der Waals surface area contributed by atoms with Crippen molar-refractivity contribution in [3.05, 3.63) is 70.8 Å². The van der Waals surface area contributed by atoms with Gasteiger partial charge in [-0.1, -0.05) is 23.7 Å². The van der Waals surface area contributed by atoms with Crippen LogP contribution in [0.4, 0.5) is 26.8 Å². The Balaban J connectivity index is 1.48. The van der Waals surface area contributed by atoms with Crippen LogP contribution in [-0.2, 0) is 4.79 Å². The predicted octanol–water partition coefficient (Wildman–Crippen LogP) is 4.11. The van der Waals surface area contributed by atoms with Crippen molar-refractivity contribution in [3.63, 3.8) is 0 Å². The number of hydrogen-bond donors (Lipinski definition) is 3. The highest BCUT2D eigenvalue weighted by molar-refractivity contribution is 6.30. The number of hydrogen-bond acceptors (Lipinski definition) is 7. The maximum Gasteiger partial charge on any atom is 0.326 e. The number of halogens is 2. The molecular formula is C25H20ClFN8O2. The van der Waals surface area contributed by atoms with Gasteiger partial charge in [0, 0.05) is 29.2 Å². The highest BCUT2D eigenvalue weighted by atomic mass is 35.5. The summed E-state index contributed by atoms with van der Waals surface area (Å²) >= 11 is 6.21. The molecule has 2 fully saturated rings. The van der Waals surface area contributed by atoms with Gasteiger partial charge in [-0.3, -0.25) is 10.1 Å². The predicted molar refractivity (Wildman–Crippen MR) is 137 cm³/mol. The molecule has 1 saturated heterocycles. The molecule has 0 spiro atoms. The first-order valence-electron chi connectivity index (χ1n) is 11.5. The number of fused-ring (bicyclic) bond motifs is 1.